The first-order valence-corrected chi connectivity index (χ1v) is 7.35. The summed E-state index contributed by atoms with van der Waals surface area (Å²) < 4.78 is 0.708. The summed E-state index contributed by atoms with van der Waals surface area (Å²) in [6, 6.07) is 6.74. The molecule has 0 saturated carbocycles. The number of hydrogen-bond donors (Lipinski definition) is 2. The molecule has 0 bridgehead atoms. The van der Waals surface area contributed by atoms with Gasteiger partial charge in [-0.15, -0.1) is 0 Å². The highest BCUT2D eigenvalue weighted by atomic mass is 79.9. The fraction of sp³-hybridized carbons (Fsp3) is 0. The van der Waals surface area contributed by atoms with Crippen molar-refractivity contribution in [3.63, 3.8) is 0 Å². The summed E-state index contributed by atoms with van der Waals surface area (Å²) in [4.78, 5) is 0. The van der Waals surface area contributed by atoms with Gasteiger partial charge in [0, 0.05) is 10.2 Å². The minimum Gasteiger partial charge on any atom is -0.399 e. The van der Waals surface area contributed by atoms with Crippen molar-refractivity contribution in [1.29, 1.82) is 0 Å². The van der Waals surface area contributed by atoms with E-state index in [-0.39, 0.29) is 0 Å². The third-order valence-electron chi connectivity index (χ3n) is 2.36. The first-order valence-electron chi connectivity index (χ1n) is 5.05. The Hall–Kier alpha value is -0.320. The maximum Gasteiger partial charge on any atom is 0.0838 e. The van der Waals surface area contributed by atoms with E-state index in [4.69, 9.17) is 52.1 Å². The lowest BCUT2D eigenvalue weighted by Gasteiger charge is -2.13. The lowest BCUT2D eigenvalue weighted by Crippen LogP contribution is -1.95. The zero-order valence-corrected chi connectivity index (χ0v) is 13.9. The highest BCUT2D eigenvalue weighted by Gasteiger charge is 2.12. The van der Waals surface area contributed by atoms with Crippen LogP contribution >= 0.6 is 62.3 Å². The van der Waals surface area contributed by atoms with Gasteiger partial charge in [-0.1, -0.05) is 46.4 Å². The minimum absolute atomic E-state index is 0.375. The third-order valence-corrected chi connectivity index (χ3v) is 4.73. The van der Waals surface area contributed by atoms with Gasteiger partial charge in [-0.05, 0) is 40.2 Å². The van der Waals surface area contributed by atoms with Crippen LogP contribution in [0.15, 0.2) is 28.7 Å². The molecule has 0 aliphatic heterocycles. The number of nitrogens with two attached hydrogens (primary N) is 1. The second-order valence-electron chi connectivity index (χ2n) is 3.71. The second kappa shape index (κ2) is 5.98. The SMILES string of the molecule is Nc1cc(Cl)c(Nc2ccc(Br)c(Cl)c2Cl)c(Cl)c1. The van der Waals surface area contributed by atoms with Gasteiger partial charge < -0.3 is 11.1 Å². The first-order chi connectivity index (χ1) is 8.90. The van der Waals surface area contributed by atoms with E-state index in [1.807, 2.05) is 0 Å². The third kappa shape index (κ3) is 3.23. The van der Waals surface area contributed by atoms with Gasteiger partial charge in [0.25, 0.3) is 0 Å². The largest absolute Gasteiger partial charge is 0.399 e. The molecule has 0 saturated heterocycles. The Morgan fingerprint density at radius 3 is 2.11 bits per heavy atom. The van der Waals surface area contributed by atoms with Gasteiger partial charge in [-0.25, -0.2) is 0 Å². The molecule has 0 fully saturated rings. The first kappa shape index (κ1) is 15.1. The standard InChI is InChI=1S/C12H7BrCl4N2/c13-6-1-2-9(11(17)10(6)16)19-12-7(14)3-5(18)4-8(12)15/h1-4,19H,18H2. The van der Waals surface area contributed by atoms with Crippen LogP contribution < -0.4 is 11.1 Å². The molecule has 7 heteroatoms. The smallest absolute Gasteiger partial charge is 0.0838 e. The summed E-state index contributed by atoms with van der Waals surface area (Å²) in [7, 11) is 0. The van der Waals surface area contributed by atoms with Crippen LogP contribution in [0.2, 0.25) is 20.1 Å². The number of nitrogen functional groups attached to an aromatic ring is 1. The molecule has 0 radical (unpaired) electrons. The quantitative estimate of drug-likeness (QED) is 0.452. The van der Waals surface area contributed by atoms with E-state index in [9.17, 15) is 0 Å². The molecule has 2 aromatic carbocycles. The summed E-state index contributed by atoms with van der Waals surface area (Å²) in [5.41, 5.74) is 7.26. The highest BCUT2D eigenvalue weighted by molar-refractivity contribution is 9.10. The van der Waals surface area contributed by atoms with Gasteiger partial charge in [0.1, 0.15) is 0 Å². The fourth-order valence-electron chi connectivity index (χ4n) is 1.47. The summed E-state index contributed by atoms with van der Waals surface area (Å²) in [6.45, 7) is 0. The van der Waals surface area contributed by atoms with Gasteiger partial charge in [0.15, 0.2) is 0 Å². The average Bonchev–Trinajstić information content (AvgIpc) is 2.33. The Bertz CT molecular complexity index is 623. The van der Waals surface area contributed by atoms with E-state index >= 15 is 0 Å². The van der Waals surface area contributed by atoms with Crippen LogP contribution in [0, 0.1) is 0 Å². The molecule has 0 atom stereocenters. The topological polar surface area (TPSA) is 38.0 Å². The predicted molar refractivity (Wildman–Crippen MR) is 88.3 cm³/mol. The van der Waals surface area contributed by atoms with E-state index in [0.717, 1.165) is 0 Å². The Morgan fingerprint density at radius 2 is 1.53 bits per heavy atom. The second-order valence-corrected chi connectivity index (χ2v) is 6.13. The number of nitrogens with one attached hydrogen (secondary N) is 1. The Balaban J connectivity index is 2.45. The fourth-order valence-corrected chi connectivity index (χ4v) is 2.89. The van der Waals surface area contributed by atoms with E-state index in [1.54, 1.807) is 24.3 Å². The van der Waals surface area contributed by atoms with Crippen molar-refractivity contribution in [3.8, 4) is 0 Å². The van der Waals surface area contributed by atoms with Crippen molar-refractivity contribution in [2.24, 2.45) is 0 Å². The molecule has 0 aliphatic carbocycles. The molecular formula is C12H7BrCl4N2. The molecule has 2 nitrogen and oxygen atoms in total. The Kier molecular flexibility index (Phi) is 4.75. The lowest BCUT2D eigenvalue weighted by molar-refractivity contribution is 1.53. The van der Waals surface area contributed by atoms with Gasteiger partial charge >= 0.3 is 0 Å². The van der Waals surface area contributed by atoms with E-state index in [0.29, 0.717) is 41.6 Å². The van der Waals surface area contributed by atoms with Crippen LogP contribution in [0.5, 0.6) is 0 Å². The Labute approximate surface area is 138 Å². The van der Waals surface area contributed by atoms with E-state index in [2.05, 4.69) is 21.2 Å². The molecule has 0 heterocycles. The number of benzene rings is 2. The molecule has 100 valence electrons. The van der Waals surface area contributed by atoms with Crippen molar-refractivity contribution >= 4 is 79.4 Å². The number of halogens is 5. The zero-order valence-electron chi connectivity index (χ0n) is 9.28. The van der Waals surface area contributed by atoms with E-state index in [1.165, 1.54) is 0 Å². The molecule has 2 rings (SSSR count). The van der Waals surface area contributed by atoms with E-state index < -0.39 is 0 Å². The van der Waals surface area contributed by atoms with Crippen LogP contribution in [0.25, 0.3) is 0 Å². The van der Waals surface area contributed by atoms with Crippen molar-refractivity contribution in [3.05, 3.63) is 48.8 Å². The van der Waals surface area contributed by atoms with Crippen molar-refractivity contribution in [1.82, 2.24) is 0 Å². The van der Waals surface area contributed by atoms with Crippen molar-refractivity contribution in [2.45, 2.75) is 0 Å². The predicted octanol–water partition coefficient (Wildman–Crippen LogP) is 6.39. The Morgan fingerprint density at radius 1 is 0.947 bits per heavy atom. The molecule has 3 N–H and O–H groups in total. The number of anilines is 3. The monoisotopic (exact) mass is 398 g/mol. The number of rotatable bonds is 2. The van der Waals surface area contributed by atoms with Gasteiger partial charge in [-0.2, -0.15) is 0 Å². The van der Waals surface area contributed by atoms with Crippen LogP contribution in [0.4, 0.5) is 17.1 Å². The van der Waals surface area contributed by atoms with Gasteiger partial charge in [0.2, 0.25) is 0 Å². The number of hydrogen-bond acceptors (Lipinski definition) is 2. The molecule has 0 aromatic heterocycles. The molecule has 19 heavy (non-hydrogen) atoms. The normalized spacial score (nSPS) is 10.6. The summed E-state index contributed by atoms with van der Waals surface area (Å²) in [5.74, 6) is 0. The highest BCUT2D eigenvalue weighted by Crippen LogP contribution is 2.40. The zero-order chi connectivity index (χ0) is 14.2. The van der Waals surface area contributed by atoms with Gasteiger partial charge in [0.05, 0.1) is 31.5 Å². The molecule has 0 spiro atoms. The lowest BCUT2D eigenvalue weighted by atomic mass is 10.2. The summed E-state index contributed by atoms with van der Waals surface area (Å²) in [5, 5.41) is 4.64. The molecule has 0 aliphatic rings. The average molecular weight is 401 g/mol. The van der Waals surface area contributed by atoms with Gasteiger partial charge in [-0.3, -0.25) is 0 Å². The van der Waals surface area contributed by atoms with Crippen molar-refractivity contribution in [2.75, 3.05) is 11.1 Å². The molecule has 2 aromatic rings. The van der Waals surface area contributed by atoms with Crippen LogP contribution in [-0.4, -0.2) is 0 Å². The van der Waals surface area contributed by atoms with Crippen LogP contribution in [-0.2, 0) is 0 Å². The minimum atomic E-state index is 0.375. The van der Waals surface area contributed by atoms with Crippen LogP contribution in [0.3, 0.4) is 0 Å². The van der Waals surface area contributed by atoms with Crippen molar-refractivity contribution < 1.29 is 0 Å². The maximum atomic E-state index is 6.15. The molecule has 0 unspecified atom stereocenters. The van der Waals surface area contributed by atoms with Crippen LogP contribution in [0.1, 0.15) is 0 Å². The molecule has 0 amide bonds. The summed E-state index contributed by atoms with van der Waals surface area (Å²) >= 11 is 27.7. The summed E-state index contributed by atoms with van der Waals surface area (Å²) in [6.07, 6.45) is 0. The molecular weight excluding hydrogens is 394 g/mol. The maximum absolute atomic E-state index is 6.15.